The molecule has 2 aromatic rings. The first kappa shape index (κ1) is 20.6. The van der Waals surface area contributed by atoms with Crippen LogP contribution >= 0.6 is 23.1 Å². The number of aliphatic carboxylic acids is 1. The predicted molar refractivity (Wildman–Crippen MR) is 110 cm³/mol. The summed E-state index contributed by atoms with van der Waals surface area (Å²) in [5, 5.41) is 11.9. The Morgan fingerprint density at radius 1 is 1.39 bits per heavy atom. The van der Waals surface area contributed by atoms with Crippen molar-refractivity contribution in [3.63, 3.8) is 0 Å². The Balaban J connectivity index is 1.76. The topological polar surface area (TPSA) is 82.5 Å². The number of hydrogen-bond acceptors (Lipinski definition) is 5. The van der Waals surface area contributed by atoms with Crippen LogP contribution in [0.2, 0.25) is 0 Å². The number of rotatable bonds is 7. The number of amides is 2. The first-order valence-corrected chi connectivity index (χ1v) is 10.9. The second-order valence-corrected chi connectivity index (χ2v) is 9.05. The molecule has 0 radical (unpaired) electrons. The summed E-state index contributed by atoms with van der Waals surface area (Å²) in [4.78, 5) is 29.4. The van der Waals surface area contributed by atoms with E-state index in [9.17, 15) is 14.0 Å². The molecule has 0 atom stereocenters. The number of nitrogens with one attached hydrogen (secondary N) is 1. The summed E-state index contributed by atoms with van der Waals surface area (Å²) in [5.41, 5.74) is 0.994. The third kappa shape index (κ3) is 5.23. The number of carboxylic acid groups (broad SMARTS) is 1. The zero-order chi connectivity index (χ0) is 20.1. The number of carboxylic acids is 1. The van der Waals surface area contributed by atoms with E-state index >= 15 is 0 Å². The third-order valence-electron chi connectivity index (χ3n) is 4.73. The van der Waals surface area contributed by atoms with Crippen LogP contribution in [0, 0.1) is 18.7 Å². The molecule has 0 bridgehead atoms. The van der Waals surface area contributed by atoms with Crippen molar-refractivity contribution >= 4 is 45.9 Å². The number of hydrogen-bond donors (Lipinski definition) is 2. The van der Waals surface area contributed by atoms with E-state index < -0.39 is 5.97 Å². The molecule has 28 heavy (non-hydrogen) atoms. The number of nitrogens with zero attached hydrogens (tertiary/aromatic N) is 2. The van der Waals surface area contributed by atoms with E-state index in [0.717, 1.165) is 37.4 Å². The Bertz CT molecular complexity index is 853. The lowest BCUT2D eigenvalue weighted by Crippen LogP contribution is -2.38. The van der Waals surface area contributed by atoms with Crippen molar-refractivity contribution in [1.82, 2.24) is 4.98 Å². The van der Waals surface area contributed by atoms with E-state index in [2.05, 4.69) is 10.3 Å². The highest BCUT2D eigenvalue weighted by molar-refractivity contribution is 8.01. The molecule has 1 fully saturated rings. The van der Waals surface area contributed by atoms with Crippen molar-refractivity contribution in [2.24, 2.45) is 5.92 Å². The van der Waals surface area contributed by atoms with Crippen LogP contribution in [0.4, 0.5) is 20.0 Å². The summed E-state index contributed by atoms with van der Waals surface area (Å²) in [6.45, 7) is 2.20. The van der Waals surface area contributed by atoms with Crippen LogP contribution in [0.1, 0.15) is 31.2 Å². The van der Waals surface area contributed by atoms with Gasteiger partial charge in [0, 0.05) is 12.1 Å². The lowest BCUT2D eigenvalue weighted by atomic mass is 10.1. The molecule has 2 amide bonds. The Kier molecular flexibility index (Phi) is 6.90. The largest absolute Gasteiger partial charge is 0.481 e. The zero-order valence-corrected chi connectivity index (χ0v) is 17.1. The Labute approximate surface area is 171 Å². The van der Waals surface area contributed by atoms with Gasteiger partial charge in [0.05, 0.1) is 21.8 Å². The average molecular weight is 424 g/mol. The van der Waals surface area contributed by atoms with Crippen molar-refractivity contribution in [2.75, 3.05) is 22.5 Å². The lowest BCUT2D eigenvalue weighted by molar-refractivity contribution is -0.133. The SMILES string of the molecule is Cc1c(F)cccc1N(CC1CCCC1)C(=O)Nc1ncc(SCC(=O)O)s1. The summed E-state index contributed by atoms with van der Waals surface area (Å²) in [5.74, 6) is -0.922. The number of carbonyl (C=O) groups excluding carboxylic acids is 1. The van der Waals surface area contributed by atoms with Crippen LogP contribution in [0.25, 0.3) is 0 Å². The first-order valence-electron chi connectivity index (χ1n) is 9.08. The van der Waals surface area contributed by atoms with Gasteiger partial charge in [-0.2, -0.15) is 0 Å². The average Bonchev–Trinajstić information content (AvgIpc) is 3.32. The fourth-order valence-corrected chi connectivity index (χ4v) is 4.89. The minimum atomic E-state index is -0.909. The molecule has 1 heterocycles. The molecule has 150 valence electrons. The standard InChI is InChI=1S/C19H22FN3O3S2/c1-12-14(20)7-4-8-15(12)23(10-13-5-2-3-6-13)19(26)22-18-21-9-17(28-18)27-11-16(24)25/h4,7-9,13H,2-3,5-6,10-11H2,1H3,(H,24,25)(H,21,22,26). The molecular formula is C19H22FN3O3S2. The summed E-state index contributed by atoms with van der Waals surface area (Å²) in [6.07, 6.45) is 5.97. The second kappa shape index (κ2) is 9.38. The number of carbonyl (C=O) groups is 2. The van der Waals surface area contributed by atoms with Crippen molar-refractivity contribution in [1.29, 1.82) is 0 Å². The number of thiazole rings is 1. The van der Waals surface area contributed by atoms with Gasteiger partial charge in [-0.05, 0) is 37.8 Å². The van der Waals surface area contributed by atoms with Crippen molar-refractivity contribution in [3.8, 4) is 0 Å². The molecular weight excluding hydrogens is 401 g/mol. The van der Waals surface area contributed by atoms with Gasteiger partial charge in [-0.15, -0.1) is 11.8 Å². The molecule has 0 saturated heterocycles. The van der Waals surface area contributed by atoms with Crippen LogP contribution in [0.5, 0.6) is 0 Å². The van der Waals surface area contributed by atoms with Crippen LogP contribution in [0.3, 0.4) is 0 Å². The highest BCUT2D eigenvalue weighted by atomic mass is 32.2. The van der Waals surface area contributed by atoms with Crippen LogP contribution in [0.15, 0.2) is 28.6 Å². The zero-order valence-electron chi connectivity index (χ0n) is 15.5. The van der Waals surface area contributed by atoms with Crippen molar-refractivity contribution in [2.45, 2.75) is 36.8 Å². The van der Waals surface area contributed by atoms with E-state index in [4.69, 9.17) is 5.11 Å². The maximum absolute atomic E-state index is 14.1. The number of halogens is 1. The molecule has 6 nitrogen and oxygen atoms in total. The molecule has 1 aromatic carbocycles. The minimum Gasteiger partial charge on any atom is -0.481 e. The van der Waals surface area contributed by atoms with E-state index in [1.807, 2.05) is 0 Å². The normalized spacial score (nSPS) is 14.2. The van der Waals surface area contributed by atoms with Crippen LogP contribution in [-0.4, -0.2) is 34.4 Å². The molecule has 3 rings (SSSR count). The number of benzene rings is 1. The smallest absolute Gasteiger partial charge is 0.328 e. The fourth-order valence-electron chi connectivity index (χ4n) is 3.31. The van der Waals surface area contributed by atoms with Crippen LogP contribution in [-0.2, 0) is 4.79 Å². The molecule has 0 unspecified atom stereocenters. The summed E-state index contributed by atoms with van der Waals surface area (Å²) < 4.78 is 14.8. The van der Waals surface area contributed by atoms with Crippen molar-refractivity contribution in [3.05, 3.63) is 35.8 Å². The summed E-state index contributed by atoms with van der Waals surface area (Å²) in [7, 11) is 0. The maximum atomic E-state index is 14.1. The molecule has 1 saturated carbocycles. The Morgan fingerprint density at radius 3 is 2.86 bits per heavy atom. The van der Waals surface area contributed by atoms with Gasteiger partial charge in [0.25, 0.3) is 0 Å². The molecule has 1 aliphatic carbocycles. The minimum absolute atomic E-state index is 0.0636. The monoisotopic (exact) mass is 423 g/mol. The van der Waals surface area contributed by atoms with Gasteiger partial charge in [-0.25, -0.2) is 14.2 Å². The molecule has 0 aliphatic heterocycles. The number of urea groups is 1. The quantitative estimate of drug-likeness (QED) is 0.613. The van der Waals surface area contributed by atoms with E-state index in [1.165, 1.54) is 17.4 Å². The van der Waals surface area contributed by atoms with Gasteiger partial charge in [-0.3, -0.25) is 15.0 Å². The number of aromatic nitrogens is 1. The van der Waals surface area contributed by atoms with Gasteiger partial charge in [0.1, 0.15) is 5.82 Å². The van der Waals surface area contributed by atoms with Crippen LogP contribution < -0.4 is 10.2 Å². The van der Waals surface area contributed by atoms with Gasteiger partial charge in [-0.1, -0.05) is 30.2 Å². The second-order valence-electron chi connectivity index (χ2n) is 6.74. The highest BCUT2D eigenvalue weighted by Crippen LogP contribution is 2.31. The third-order valence-corrected chi connectivity index (χ3v) is 6.82. The summed E-state index contributed by atoms with van der Waals surface area (Å²) in [6, 6.07) is 4.39. The highest BCUT2D eigenvalue weighted by Gasteiger charge is 2.25. The lowest BCUT2D eigenvalue weighted by Gasteiger charge is -2.27. The van der Waals surface area contributed by atoms with Gasteiger partial charge in [0.2, 0.25) is 0 Å². The van der Waals surface area contributed by atoms with Gasteiger partial charge in [0.15, 0.2) is 5.13 Å². The van der Waals surface area contributed by atoms with E-state index in [1.54, 1.807) is 30.2 Å². The molecule has 1 aliphatic rings. The first-order chi connectivity index (χ1) is 13.4. The predicted octanol–water partition coefficient (Wildman–Crippen LogP) is 5.00. The number of anilines is 2. The Hall–Kier alpha value is -2.13. The molecule has 2 N–H and O–H groups in total. The fraction of sp³-hybridized carbons (Fsp3) is 0.421. The van der Waals surface area contributed by atoms with Gasteiger partial charge >= 0.3 is 12.0 Å². The number of thioether (sulfide) groups is 1. The van der Waals surface area contributed by atoms with Crippen molar-refractivity contribution < 1.29 is 19.1 Å². The van der Waals surface area contributed by atoms with E-state index in [0.29, 0.717) is 33.1 Å². The van der Waals surface area contributed by atoms with E-state index in [-0.39, 0.29) is 17.6 Å². The molecule has 0 spiro atoms. The van der Waals surface area contributed by atoms with Gasteiger partial charge < -0.3 is 5.11 Å². The molecule has 9 heteroatoms. The maximum Gasteiger partial charge on any atom is 0.328 e. The molecule has 1 aromatic heterocycles. The summed E-state index contributed by atoms with van der Waals surface area (Å²) >= 11 is 2.38. The Morgan fingerprint density at radius 2 is 2.14 bits per heavy atom.